The van der Waals surface area contributed by atoms with Gasteiger partial charge < -0.3 is 28.1 Å². The van der Waals surface area contributed by atoms with Crippen molar-refractivity contribution in [2.24, 2.45) is 0 Å². The molecular formula is C125H116BN7. The summed E-state index contributed by atoms with van der Waals surface area (Å²) in [6.07, 6.45) is 0. The second kappa shape index (κ2) is 29.9. The van der Waals surface area contributed by atoms with Crippen LogP contribution in [0.2, 0.25) is 0 Å². The van der Waals surface area contributed by atoms with E-state index in [0.29, 0.717) is 17.1 Å². The molecular weight excluding hydrogens is 1610 g/mol. The molecule has 16 aromatic carbocycles. The van der Waals surface area contributed by atoms with Gasteiger partial charge in [0.2, 0.25) is 0 Å². The first-order valence-corrected chi connectivity index (χ1v) is 46.6. The van der Waals surface area contributed by atoms with E-state index < -0.39 is 90.3 Å². The zero-order valence-electron chi connectivity index (χ0n) is 91.9. The van der Waals surface area contributed by atoms with Crippen molar-refractivity contribution in [3.8, 4) is 62.2 Å². The maximum atomic E-state index is 12.7. The monoisotopic (exact) mass is 1740 g/mol. The van der Waals surface area contributed by atoms with Crippen LogP contribution in [0.4, 0.5) is 34.1 Å². The van der Waals surface area contributed by atoms with Crippen LogP contribution in [0.1, 0.15) is 206 Å². The number of hydrogen-bond acceptors (Lipinski definition) is 3. The number of nitriles is 1. The zero-order chi connectivity index (χ0) is 103. The van der Waals surface area contributed by atoms with E-state index in [1.54, 1.807) is 12.1 Å². The average Bonchev–Trinajstić information content (AvgIpc) is 1.56. The van der Waals surface area contributed by atoms with Gasteiger partial charge in [0.05, 0.1) is 83.2 Å². The molecule has 0 atom stereocenters. The van der Waals surface area contributed by atoms with Gasteiger partial charge in [-0.05, 0) is 273 Å². The summed E-state index contributed by atoms with van der Waals surface area (Å²) < 4.78 is 124. The van der Waals surface area contributed by atoms with E-state index in [1.165, 1.54) is 26.8 Å². The minimum Gasteiger partial charge on any atom is -0.310 e. The summed E-state index contributed by atoms with van der Waals surface area (Å²) in [6, 6.07) is 86.6. The highest BCUT2D eigenvalue weighted by Gasteiger charge is 2.47. The van der Waals surface area contributed by atoms with Crippen molar-refractivity contribution in [1.82, 2.24) is 18.3 Å². The molecule has 0 saturated heterocycles. The van der Waals surface area contributed by atoms with E-state index in [0.717, 1.165) is 155 Å². The van der Waals surface area contributed by atoms with Gasteiger partial charge in [-0.2, -0.15) is 5.26 Å². The van der Waals surface area contributed by atoms with E-state index in [2.05, 4.69) is 405 Å². The van der Waals surface area contributed by atoms with Crippen LogP contribution in [-0.2, 0) is 37.9 Å². The Hall–Kier alpha value is -14.1. The molecule has 8 heteroatoms. The van der Waals surface area contributed by atoms with Gasteiger partial charge in [0, 0.05) is 94.0 Å². The number of para-hydroxylation sites is 1. The van der Waals surface area contributed by atoms with Gasteiger partial charge in [-0.3, -0.25) is 0 Å². The molecule has 0 radical (unpaired) electrons. The molecule has 2 aliphatic rings. The van der Waals surface area contributed by atoms with Crippen molar-refractivity contribution < 1.29 is 16.4 Å². The highest BCUT2D eigenvalue weighted by Crippen LogP contribution is 2.55. The van der Waals surface area contributed by atoms with Crippen molar-refractivity contribution in [3.05, 3.63) is 366 Å². The second-order valence-electron chi connectivity index (χ2n) is 44.1. The minimum atomic E-state index is -0.728. The van der Waals surface area contributed by atoms with E-state index in [4.69, 9.17) is 4.11 Å². The van der Waals surface area contributed by atoms with Crippen LogP contribution in [0.5, 0.6) is 0 Å². The first kappa shape index (κ1) is 71.6. The number of hydrogen-bond donors (Lipinski definition) is 0. The third kappa shape index (κ3) is 13.8. The Morgan fingerprint density at radius 2 is 0.594 bits per heavy atom. The number of fused-ring (bicyclic) bond motifs is 16. The van der Waals surface area contributed by atoms with Crippen LogP contribution < -0.4 is 26.2 Å². The lowest BCUT2D eigenvalue weighted by Crippen LogP contribution is -2.61. The molecule has 0 bridgehead atoms. The first-order chi connectivity index (χ1) is 68.3. The van der Waals surface area contributed by atoms with E-state index >= 15 is 0 Å². The fraction of sp³-hybridized carbons (Fsp3) is 0.224. The Morgan fingerprint density at radius 3 is 0.992 bits per heavy atom. The molecule has 133 heavy (non-hydrogen) atoms. The highest BCUT2D eigenvalue weighted by atomic mass is 15.2. The van der Waals surface area contributed by atoms with Crippen LogP contribution in [0.15, 0.2) is 321 Å². The smallest absolute Gasteiger partial charge is 0.252 e. The molecule has 0 fully saturated rings. The lowest BCUT2D eigenvalue weighted by Gasteiger charge is -2.45. The van der Waals surface area contributed by atoms with Gasteiger partial charge in [-0.25, -0.2) is 0 Å². The van der Waals surface area contributed by atoms with Crippen LogP contribution >= 0.6 is 0 Å². The zero-order valence-corrected chi connectivity index (χ0v) is 79.9. The normalized spacial score (nSPS) is 14.7. The van der Waals surface area contributed by atoms with E-state index in [1.807, 2.05) is 6.07 Å². The lowest BCUT2D eigenvalue weighted by molar-refractivity contribution is 0.590. The van der Waals surface area contributed by atoms with Crippen LogP contribution in [0.25, 0.3) is 143 Å². The summed E-state index contributed by atoms with van der Waals surface area (Å²) in [6.45, 7) is 46.9. The lowest BCUT2D eigenvalue weighted by atomic mass is 9.33. The molecule has 0 aliphatic carbocycles. The fourth-order valence-corrected chi connectivity index (χ4v) is 20.8. The molecule has 0 unspecified atom stereocenters. The van der Waals surface area contributed by atoms with Gasteiger partial charge in [-0.1, -0.05) is 309 Å². The molecule has 4 aromatic heterocycles. The average molecular weight is 1740 g/mol. The summed E-state index contributed by atoms with van der Waals surface area (Å²) >= 11 is 0. The first-order valence-electron chi connectivity index (χ1n) is 52.6. The van der Waals surface area contributed by atoms with Crippen molar-refractivity contribution in [2.75, 3.05) is 9.80 Å². The maximum Gasteiger partial charge on any atom is 0.252 e. The molecule has 7 nitrogen and oxygen atoms in total. The Morgan fingerprint density at radius 1 is 0.256 bits per heavy atom. The molecule has 6 heterocycles. The molecule has 22 rings (SSSR count). The summed E-state index contributed by atoms with van der Waals surface area (Å²) in [4.78, 5) is 4.79. The molecule has 0 spiro atoms. The van der Waals surface area contributed by atoms with Gasteiger partial charge >= 0.3 is 0 Å². The highest BCUT2D eigenvalue weighted by molar-refractivity contribution is 7.00. The molecule has 0 N–H and O–H groups in total. The summed E-state index contributed by atoms with van der Waals surface area (Å²) in [7, 11) is 0. The number of aromatic nitrogens is 4. The van der Waals surface area contributed by atoms with Crippen LogP contribution in [-0.4, -0.2) is 25.0 Å². The standard InChI is InChI=1S/C125H116BN7/c1-119(2,3)81-43-55-106-96(62-81)97-63-82(120(4,5)6)44-56-107(97)129(106)89-50-52-102-113(71-89)132(112-70-88(49-41-80(112)75-127)128-104-40-32-31-39-92(104)95-61-79(42-54-105(95)128)76-33-25-22-26-34-76)115-73-91(131-110-59-47-85(123(13,14)15)66-100(110)101-67-86(124(16,17)18)48-60-111(101)131)74-116-117(115)126(102)103-53-51-90(130-108-57-45-83(121(7,8)9)64-98(108)99-65-84(122(10,11)12)46-58-109(99)130)72-114(103)133(116)118-93(77-35-27-23-28-36-77)68-87(125(19,20)21)69-94(118)78-37-29-24-30-38-78/h22-74H,1-21H3/i22D,25D,26D,31D,32D,33D,34D,39D,40D,42D,54D,61D. The second-order valence-corrected chi connectivity index (χ2v) is 44.1. The quantitative estimate of drug-likeness (QED) is 0.135. The summed E-state index contributed by atoms with van der Waals surface area (Å²) in [5, 5.41) is 18.9. The third-order valence-corrected chi connectivity index (χ3v) is 28.2. The molecule has 0 amide bonds. The fourth-order valence-electron chi connectivity index (χ4n) is 20.8. The van der Waals surface area contributed by atoms with Crippen LogP contribution in [0.3, 0.4) is 0 Å². The number of nitrogens with zero attached hydrogens (tertiary/aromatic N) is 7. The minimum absolute atomic E-state index is 0.166. The van der Waals surface area contributed by atoms with Crippen LogP contribution in [0, 0.1) is 11.3 Å². The Balaban J connectivity index is 0.951. The Labute approximate surface area is 800 Å². The van der Waals surface area contributed by atoms with Crippen molar-refractivity contribution >= 4 is 144 Å². The Bertz CT molecular complexity index is 8790. The maximum absolute atomic E-state index is 12.7. The molecule has 0 saturated carbocycles. The van der Waals surface area contributed by atoms with Crippen molar-refractivity contribution in [2.45, 2.75) is 183 Å². The number of rotatable bonds is 9. The van der Waals surface area contributed by atoms with Gasteiger partial charge in [-0.15, -0.1) is 0 Å². The van der Waals surface area contributed by atoms with E-state index in [9.17, 15) is 17.6 Å². The summed E-state index contributed by atoms with van der Waals surface area (Å²) in [5.74, 6) is 0. The predicted molar refractivity (Wildman–Crippen MR) is 570 cm³/mol. The molecule has 654 valence electrons. The van der Waals surface area contributed by atoms with Gasteiger partial charge in [0.1, 0.15) is 6.07 Å². The third-order valence-electron chi connectivity index (χ3n) is 28.2. The van der Waals surface area contributed by atoms with Gasteiger partial charge in [0.25, 0.3) is 6.71 Å². The molecule has 20 aromatic rings. The predicted octanol–water partition coefficient (Wildman–Crippen LogP) is 32.1. The number of benzene rings is 16. The largest absolute Gasteiger partial charge is 0.310 e. The molecule has 2 aliphatic heterocycles. The Kier molecular flexibility index (Phi) is 16.1. The van der Waals surface area contributed by atoms with Crippen molar-refractivity contribution in [3.63, 3.8) is 0 Å². The van der Waals surface area contributed by atoms with Crippen molar-refractivity contribution in [1.29, 1.82) is 5.26 Å². The van der Waals surface area contributed by atoms with E-state index in [-0.39, 0.29) is 71.0 Å². The topological polar surface area (TPSA) is 50.0 Å². The van der Waals surface area contributed by atoms with Gasteiger partial charge in [0.15, 0.2) is 0 Å². The summed E-state index contributed by atoms with van der Waals surface area (Å²) in [5.41, 5.74) is 24.9. The number of anilines is 6. The SMILES string of the molecule is [2H]c1c([2H])c([2H])c(-c2c([2H])c([2H])c3c(c2[2H])c2c([2H])c([2H])c([2H])c([2H])c2n3-c2ccc(C#N)c(N3c4cc(-n5c6ccc(C(C)(C)C)cc6c6cc(C(C)(C)C)ccc65)ccc4B4c5ccc(-n6c7ccc(C(C)(C)C)cc7c7cc(C(C)(C)C)ccc76)cc5N(c5c(-c6ccccc6)cc(C(C)(C)C)cc5-c5ccccc5)c5cc(-n6c7ccc(C(C)(C)C)cc7c7cc(C(C)(C)C)ccc76)cc3c54)c2)c([2H])c1[2H].